The molecule has 0 fully saturated rings. The third kappa shape index (κ3) is 8.05. The van der Waals surface area contributed by atoms with E-state index < -0.39 is 0 Å². The number of benzene rings is 3. The Labute approximate surface area is 184 Å². The lowest BCUT2D eigenvalue weighted by Gasteiger charge is -2.10. The minimum Gasteiger partial charge on any atom is -0.494 e. The van der Waals surface area contributed by atoms with Gasteiger partial charge < -0.3 is 20.1 Å². The van der Waals surface area contributed by atoms with Crippen LogP contribution in [0.5, 0.6) is 17.2 Å². The number of rotatable bonds is 12. The number of anilines is 2. The summed E-state index contributed by atoms with van der Waals surface area (Å²) >= 11 is 0. The highest BCUT2D eigenvalue weighted by Crippen LogP contribution is 2.22. The van der Waals surface area contributed by atoms with Crippen LogP contribution in [0.1, 0.15) is 32.6 Å². The SMILES string of the molecule is CCCCCCOc1ccc(NC(=O)CNc2ccc(Oc3ccccc3)cc2)cc1. The molecule has 0 heterocycles. The molecule has 0 aliphatic heterocycles. The highest BCUT2D eigenvalue weighted by Gasteiger charge is 2.04. The van der Waals surface area contributed by atoms with Crippen LogP contribution in [0.3, 0.4) is 0 Å². The molecule has 0 aromatic heterocycles. The first-order valence-corrected chi connectivity index (χ1v) is 10.8. The lowest BCUT2D eigenvalue weighted by molar-refractivity contribution is -0.114. The van der Waals surface area contributed by atoms with Crippen molar-refractivity contribution in [3.8, 4) is 17.2 Å². The predicted octanol–water partition coefficient (Wildman–Crippen LogP) is 6.49. The molecule has 0 aliphatic rings. The van der Waals surface area contributed by atoms with Crippen LogP contribution in [-0.2, 0) is 4.79 Å². The highest BCUT2D eigenvalue weighted by atomic mass is 16.5. The average molecular weight is 419 g/mol. The molecule has 3 rings (SSSR count). The summed E-state index contributed by atoms with van der Waals surface area (Å²) in [4.78, 5) is 12.2. The molecule has 0 spiro atoms. The molecule has 5 nitrogen and oxygen atoms in total. The summed E-state index contributed by atoms with van der Waals surface area (Å²) in [5, 5.41) is 6.01. The molecule has 3 aromatic rings. The van der Waals surface area contributed by atoms with Crippen LogP contribution in [0.4, 0.5) is 11.4 Å². The molecule has 0 bridgehead atoms. The Morgan fingerprint density at radius 3 is 2.10 bits per heavy atom. The van der Waals surface area contributed by atoms with Gasteiger partial charge in [0.2, 0.25) is 5.91 Å². The highest BCUT2D eigenvalue weighted by molar-refractivity contribution is 5.93. The van der Waals surface area contributed by atoms with E-state index in [-0.39, 0.29) is 12.5 Å². The number of hydrogen-bond acceptors (Lipinski definition) is 4. The molecule has 0 radical (unpaired) electrons. The zero-order chi connectivity index (χ0) is 21.7. The molecule has 0 atom stereocenters. The van der Waals surface area contributed by atoms with Crippen molar-refractivity contribution in [1.29, 1.82) is 0 Å². The van der Waals surface area contributed by atoms with Gasteiger partial charge in [0.1, 0.15) is 17.2 Å². The van der Waals surface area contributed by atoms with Crippen LogP contribution < -0.4 is 20.1 Å². The zero-order valence-corrected chi connectivity index (χ0v) is 18.0. The largest absolute Gasteiger partial charge is 0.494 e. The average Bonchev–Trinajstić information content (AvgIpc) is 2.80. The molecule has 0 saturated heterocycles. The summed E-state index contributed by atoms with van der Waals surface area (Å²) in [5.41, 5.74) is 1.60. The number of unbranched alkanes of at least 4 members (excludes halogenated alkanes) is 3. The van der Waals surface area contributed by atoms with Crippen molar-refractivity contribution in [3.05, 3.63) is 78.9 Å². The van der Waals surface area contributed by atoms with E-state index in [1.54, 1.807) is 0 Å². The minimum atomic E-state index is -0.113. The first-order valence-electron chi connectivity index (χ1n) is 10.8. The maximum atomic E-state index is 12.2. The summed E-state index contributed by atoms with van der Waals surface area (Å²) in [6.07, 6.45) is 4.73. The van der Waals surface area contributed by atoms with E-state index in [0.717, 1.165) is 41.7 Å². The second-order valence-corrected chi connectivity index (χ2v) is 7.27. The maximum Gasteiger partial charge on any atom is 0.243 e. The normalized spacial score (nSPS) is 10.4. The Bertz CT molecular complexity index is 910. The van der Waals surface area contributed by atoms with Gasteiger partial charge >= 0.3 is 0 Å². The van der Waals surface area contributed by atoms with Gasteiger partial charge in [0.15, 0.2) is 0 Å². The quantitative estimate of drug-likeness (QED) is 0.330. The maximum absolute atomic E-state index is 12.2. The molecule has 1 amide bonds. The second kappa shape index (κ2) is 12.3. The van der Waals surface area contributed by atoms with Crippen molar-refractivity contribution < 1.29 is 14.3 Å². The first-order chi connectivity index (χ1) is 15.2. The fourth-order valence-electron chi connectivity index (χ4n) is 3.01. The number of carbonyl (C=O) groups excluding carboxylic acids is 1. The van der Waals surface area contributed by atoms with Gasteiger partial charge in [0.05, 0.1) is 13.2 Å². The van der Waals surface area contributed by atoms with Crippen molar-refractivity contribution in [2.45, 2.75) is 32.6 Å². The fourth-order valence-corrected chi connectivity index (χ4v) is 3.01. The predicted molar refractivity (Wildman–Crippen MR) is 126 cm³/mol. The van der Waals surface area contributed by atoms with Crippen LogP contribution in [0.2, 0.25) is 0 Å². The van der Waals surface area contributed by atoms with Gasteiger partial charge in [-0.25, -0.2) is 0 Å². The van der Waals surface area contributed by atoms with E-state index >= 15 is 0 Å². The standard InChI is InChI=1S/C26H30N2O3/c1-2-3-4-8-19-30-23-15-13-22(14-16-23)28-26(29)20-27-21-11-17-25(18-12-21)31-24-9-6-5-7-10-24/h5-7,9-18,27H,2-4,8,19-20H2,1H3,(H,28,29). The number of carbonyl (C=O) groups is 1. The molecule has 3 aromatic carbocycles. The lowest BCUT2D eigenvalue weighted by atomic mass is 10.2. The summed E-state index contributed by atoms with van der Waals surface area (Å²) < 4.78 is 11.5. The lowest BCUT2D eigenvalue weighted by Crippen LogP contribution is -2.21. The number of nitrogens with one attached hydrogen (secondary N) is 2. The van der Waals surface area contributed by atoms with Gasteiger partial charge in [-0.05, 0) is 67.1 Å². The molecule has 0 aliphatic carbocycles. The second-order valence-electron chi connectivity index (χ2n) is 7.27. The number of amides is 1. The van der Waals surface area contributed by atoms with Crippen molar-refractivity contribution in [2.75, 3.05) is 23.8 Å². The molecular weight excluding hydrogens is 388 g/mol. The molecule has 162 valence electrons. The number of hydrogen-bond donors (Lipinski definition) is 2. The zero-order valence-electron chi connectivity index (χ0n) is 18.0. The van der Waals surface area contributed by atoms with Crippen molar-refractivity contribution in [3.63, 3.8) is 0 Å². The Morgan fingerprint density at radius 1 is 0.742 bits per heavy atom. The van der Waals surface area contributed by atoms with Crippen LogP contribution in [0.25, 0.3) is 0 Å². The fraction of sp³-hybridized carbons (Fsp3) is 0.269. The Morgan fingerprint density at radius 2 is 1.39 bits per heavy atom. The van der Waals surface area contributed by atoms with Gasteiger partial charge in [-0.1, -0.05) is 44.4 Å². The topological polar surface area (TPSA) is 59.6 Å². The molecule has 2 N–H and O–H groups in total. The Hall–Kier alpha value is -3.47. The number of para-hydroxylation sites is 1. The van der Waals surface area contributed by atoms with E-state index in [0.29, 0.717) is 0 Å². The summed E-state index contributed by atoms with van der Waals surface area (Å²) in [5.74, 6) is 2.24. The summed E-state index contributed by atoms with van der Waals surface area (Å²) in [6.45, 7) is 3.10. The summed E-state index contributed by atoms with van der Waals surface area (Å²) in [6, 6.07) is 24.6. The molecule has 5 heteroatoms. The summed E-state index contributed by atoms with van der Waals surface area (Å²) in [7, 11) is 0. The first kappa shape index (κ1) is 22.2. The molecule has 31 heavy (non-hydrogen) atoms. The van der Waals surface area contributed by atoms with Crippen LogP contribution in [0, 0.1) is 0 Å². The van der Waals surface area contributed by atoms with Gasteiger partial charge in [0, 0.05) is 11.4 Å². The van der Waals surface area contributed by atoms with Crippen LogP contribution >= 0.6 is 0 Å². The van der Waals surface area contributed by atoms with Crippen LogP contribution in [-0.4, -0.2) is 19.1 Å². The Kier molecular flexibility index (Phi) is 8.80. The molecular formula is C26H30N2O3. The van der Waals surface area contributed by atoms with Crippen molar-refractivity contribution in [2.24, 2.45) is 0 Å². The monoisotopic (exact) mass is 418 g/mol. The van der Waals surface area contributed by atoms with E-state index in [4.69, 9.17) is 9.47 Å². The van der Waals surface area contributed by atoms with E-state index in [2.05, 4.69) is 17.6 Å². The van der Waals surface area contributed by atoms with E-state index in [9.17, 15) is 4.79 Å². The minimum absolute atomic E-state index is 0.113. The van der Waals surface area contributed by atoms with Crippen molar-refractivity contribution >= 4 is 17.3 Å². The smallest absolute Gasteiger partial charge is 0.243 e. The van der Waals surface area contributed by atoms with Crippen LogP contribution in [0.15, 0.2) is 78.9 Å². The van der Waals surface area contributed by atoms with Gasteiger partial charge in [-0.15, -0.1) is 0 Å². The molecule has 0 saturated carbocycles. The van der Waals surface area contributed by atoms with Gasteiger partial charge in [-0.2, -0.15) is 0 Å². The van der Waals surface area contributed by atoms with Gasteiger partial charge in [-0.3, -0.25) is 4.79 Å². The van der Waals surface area contributed by atoms with Crippen molar-refractivity contribution in [1.82, 2.24) is 0 Å². The third-order valence-electron chi connectivity index (χ3n) is 4.69. The van der Waals surface area contributed by atoms with E-state index in [1.807, 2.05) is 78.9 Å². The third-order valence-corrected chi connectivity index (χ3v) is 4.69. The van der Waals surface area contributed by atoms with Gasteiger partial charge in [0.25, 0.3) is 0 Å². The van der Waals surface area contributed by atoms with E-state index in [1.165, 1.54) is 19.3 Å². The Balaban J connectivity index is 1.38. The molecule has 0 unspecified atom stereocenters. The number of ether oxygens (including phenoxy) is 2.